The van der Waals surface area contributed by atoms with Crippen LogP contribution in [-0.2, 0) is 4.79 Å². The molecule has 1 amide bonds. The lowest BCUT2D eigenvalue weighted by Crippen LogP contribution is -2.57. The number of nitrogens with zero attached hydrogens (tertiary/aromatic N) is 2. The Hall–Kier alpha value is -0.570. The van der Waals surface area contributed by atoms with E-state index in [0.717, 1.165) is 30.8 Å². The zero-order chi connectivity index (χ0) is 16.0. The van der Waals surface area contributed by atoms with E-state index < -0.39 is 0 Å². The van der Waals surface area contributed by atoms with E-state index in [1.165, 1.54) is 12.8 Å². The van der Waals surface area contributed by atoms with Crippen LogP contribution in [0.5, 0.6) is 0 Å². The van der Waals surface area contributed by atoms with Gasteiger partial charge in [0.15, 0.2) is 0 Å². The third kappa shape index (κ3) is 2.15. The average Bonchev–Trinajstić information content (AvgIpc) is 3.24. The molecule has 3 heteroatoms. The highest BCUT2D eigenvalue weighted by Gasteiger charge is 2.62. The van der Waals surface area contributed by atoms with Crippen molar-refractivity contribution in [1.29, 1.82) is 0 Å². The number of hydrogen-bond donors (Lipinski definition) is 0. The standard InChI is InChI=1S/C19H32N2O/c1-18(2,3)16-14-8-11(14)9-20(16)17(22)15-13-7-12(13)10-21(15)19(4,5)6/h11-16H,7-10H2,1-6H3/t11-,12-,13-,14-,15+,16?/m1/s1. The van der Waals surface area contributed by atoms with Crippen LogP contribution in [-0.4, -0.2) is 46.4 Å². The molecule has 4 fully saturated rings. The van der Waals surface area contributed by atoms with E-state index in [9.17, 15) is 4.79 Å². The summed E-state index contributed by atoms with van der Waals surface area (Å²) in [6, 6.07) is 0.622. The molecule has 2 heterocycles. The molecule has 2 aliphatic carbocycles. The van der Waals surface area contributed by atoms with Crippen molar-refractivity contribution in [3.05, 3.63) is 0 Å². The van der Waals surface area contributed by atoms with Crippen LogP contribution in [0.2, 0.25) is 0 Å². The fourth-order valence-electron chi connectivity index (χ4n) is 5.44. The number of hydrogen-bond acceptors (Lipinski definition) is 2. The molecule has 4 rings (SSSR count). The molecule has 0 aromatic rings. The highest BCUT2D eigenvalue weighted by Crippen LogP contribution is 2.57. The number of rotatable bonds is 1. The molecule has 2 saturated carbocycles. The zero-order valence-corrected chi connectivity index (χ0v) is 15.1. The van der Waals surface area contributed by atoms with E-state index in [1.807, 2.05) is 0 Å². The van der Waals surface area contributed by atoms with Gasteiger partial charge in [-0.15, -0.1) is 0 Å². The van der Waals surface area contributed by atoms with Crippen LogP contribution in [0, 0.1) is 29.1 Å². The highest BCUT2D eigenvalue weighted by atomic mass is 16.2. The van der Waals surface area contributed by atoms with E-state index in [4.69, 9.17) is 0 Å². The number of carbonyl (C=O) groups is 1. The molecule has 0 aromatic heterocycles. The molecule has 2 saturated heterocycles. The van der Waals surface area contributed by atoms with E-state index in [1.54, 1.807) is 0 Å². The monoisotopic (exact) mass is 304 g/mol. The van der Waals surface area contributed by atoms with Crippen LogP contribution >= 0.6 is 0 Å². The fraction of sp³-hybridized carbons (Fsp3) is 0.947. The van der Waals surface area contributed by atoms with E-state index in [-0.39, 0.29) is 17.0 Å². The molecule has 0 bridgehead atoms. The molecule has 2 aliphatic heterocycles. The molecule has 1 unspecified atom stereocenters. The van der Waals surface area contributed by atoms with Crippen molar-refractivity contribution in [3.8, 4) is 0 Å². The van der Waals surface area contributed by atoms with Gasteiger partial charge in [-0.05, 0) is 62.7 Å². The van der Waals surface area contributed by atoms with Crippen LogP contribution in [0.15, 0.2) is 0 Å². The van der Waals surface area contributed by atoms with Gasteiger partial charge in [-0.3, -0.25) is 9.69 Å². The molecule has 0 N–H and O–H groups in total. The molecule has 4 aliphatic rings. The first-order chi connectivity index (χ1) is 10.1. The summed E-state index contributed by atoms with van der Waals surface area (Å²) in [4.78, 5) is 18.2. The quantitative estimate of drug-likeness (QED) is 0.743. The van der Waals surface area contributed by atoms with Gasteiger partial charge >= 0.3 is 0 Å². The Morgan fingerprint density at radius 3 is 2.09 bits per heavy atom. The van der Waals surface area contributed by atoms with Crippen LogP contribution in [0.25, 0.3) is 0 Å². The van der Waals surface area contributed by atoms with Crippen LogP contribution < -0.4 is 0 Å². The van der Waals surface area contributed by atoms with Gasteiger partial charge in [0.25, 0.3) is 0 Å². The maximum atomic E-state index is 13.4. The van der Waals surface area contributed by atoms with Crippen LogP contribution in [0.3, 0.4) is 0 Å². The number of carbonyl (C=O) groups excluding carboxylic acids is 1. The van der Waals surface area contributed by atoms with Gasteiger partial charge in [-0.2, -0.15) is 0 Å². The van der Waals surface area contributed by atoms with E-state index in [0.29, 0.717) is 17.9 Å². The molecule has 22 heavy (non-hydrogen) atoms. The smallest absolute Gasteiger partial charge is 0.240 e. The molecule has 124 valence electrons. The number of piperidine rings is 2. The van der Waals surface area contributed by atoms with Gasteiger partial charge in [0.1, 0.15) is 0 Å². The first-order valence-electron chi connectivity index (χ1n) is 9.16. The van der Waals surface area contributed by atoms with Crippen molar-refractivity contribution < 1.29 is 4.79 Å². The number of fused-ring (bicyclic) bond motifs is 2. The minimum Gasteiger partial charge on any atom is -0.337 e. The topological polar surface area (TPSA) is 23.6 Å². The van der Waals surface area contributed by atoms with Crippen molar-refractivity contribution in [1.82, 2.24) is 9.80 Å². The lowest BCUT2D eigenvalue weighted by molar-refractivity contribution is -0.142. The van der Waals surface area contributed by atoms with Crippen molar-refractivity contribution in [2.75, 3.05) is 13.1 Å². The second kappa shape index (κ2) is 4.28. The molecule has 6 atom stereocenters. The summed E-state index contributed by atoms with van der Waals surface area (Å²) in [7, 11) is 0. The second-order valence-electron chi connectivity index (χ2n) is 10.4. The van der Waals surface area contributed by atoms with E-state index >= 15 is 0 Å². The molecular formula is C19H32N2O. The lowest BCUT2D eigenvalue weighted by Gasteiger charge is -2.43. The highest BCUT2D eigenvalue weighted by molar-refractivity contribution is 5.84. The van der Waals surface area contributed by atoms with Gasteiger partial charge in [0.05, 0.1) is 6.04 Å². The summed E-state index contributed by atoms with van der Waals surface area (Å²) >= 11 is 0. The predicted molar refractivity (Wildman–Crippen MR) is 88.4 cm³/mol. The summed E-state index contributed by atoms with van der Waals surface area (Å²) in [5.41, 5.74) is 0.313. The Morgan fingerprint density at radius 1 is 0.909 bits per heavy atom. The molecule has 0 aromatic carbocycles. The van der Waals surface area contributed by atoms with Gasteiger partial charge in [0, 0.05) is 24.7 Å². The normalized spacial score (nSPS) is 44.0. The second-order valence-corrected chi connectivity index (χ2v) is 10.4. The summed E-state index contributed by atoms with van der Waals surface area (Å²) in [5.74, 6) is 3.46. The maximum Gasteiger partial charge on any atom is 0.240 e. The summed E-state index contributed by atoms with van der Waals surface area (Å²) in [5, 5.41) is 0. The summed E-state index contributed by atoms with van der Waals surface area (Å²) in [6.07, 6.45) is 2.63. The van der Waals surface area contributed by atoms with Crippen molar-refractivity contribution in [3.63, 3.8) is 0 Å². The Kier molecular flexibility index (Phi) is 2.92. The Labute approximate surface area is 135 Å². The first kappa shape index (κ1) is 15.0. The van der Waals surface area contributed by atoms with Crippen molar-refractivity contribution in [2.24, 2.45) is 29.1 Å². The van der Waals surface area contributed by atoms with Gasteiger partial charge in [-0.1, -0.05) is 20.8 Å². The predicted octanol–water partition coefficient (Wildman–Crippen LogP) is 3.00. The average molecular weight is 304 g/mol. The fourth-order valence-corrected chi connectivity index (χ4v) is 5.44. The minimum absolute atomic E-state index is 0.105. The third-order valence-electron chi connectivity index (χ3n) is 6.58. The molecular weight excluding hydrogens is 272 g/mol. The van der Waals surface area contributed by atoms with Crippen LogP contribution in [0.1, 0.15) is 54.4 Å². The largest absolute Gasteiger partial charge is 0.337 e. The zero-order valence-electron chi connectivity index (χ0n) is 15.1. The van der Waals surface area contributed by atoms with Crippen LogP contribution in [0.4, 0.5) is 0 Å². The summed E-state index contributed by atoms with van der Waals surface area (Å²) < 4.78 is 0. The SMILES string of the molecule is CC(C)(C)C1[C@@H]2C[C@@H]2CN1C(=O)[C@@H]1[C@@H]2C[C@@H]2CN1C(C)(C)C. The minimum atomic E-state index is 0.105. The van der Waals surface area contributed by atoms with E-state index in [2.05, 4.69) is 51.3 Å². The van der Waals surface area contributed by atoms with Crippen molar-refractivity contribution in [2.45, 2.75) is 72.0 Å². The third-order valence-corrected chi connectivity index (χ3v) is 6.58. The lowest BCUT2D eigenvalue weighted by atomic mass is 9.83. The van der Waals surface area contributed by atoms with Crippen molar-refractivity contribution >= 4 is 5.91 Å². The Morgan fingerprint density at radius 2 is 1.50 bits per heavy atom. The maximum absolute atomic E-state index is 13.4. The summed E-state index contributed by atoms with van der Waals surface area (Å²) in [6.45, 7) is 15.9. The van der Waals surface area contributed by atoms with Gasteiger partial charge < -0.3 is 4.90 Å². The molecule has 0 spiro atoms. The molecule has 3 nitrogen and oxygen atoms in total. The Balaban J connectivity index is 1.59. The number of likely N-dealkylation sites (tertiary alicyclic amines) is 2. The Bertz CT molecular complexity index is 501. The molecule has 0 radical (unpaired) electrons. The van der Waals surface area contributed by atoms with Gasteiger partial charge in [0.2, 0.25) is 5.91 Å². The van der Waals surface area contributed by atoms with Gasteiger partial charge in [-0.25, -0.2) is 0 Å². The number of amides is 1. The first-order valence-corrected chi connectivity index (χ1v) is 9.16.